The monoisotopic (exact) mass is 407 g/mol. The van der Waals surface area contributed by atoms with Crippen LogP contribution in [0.15, 0.2) is 36.5 Å². The molecule has 0 spiro atoms. The lowest BCUT2D eigenvalue weighted by Gasteiger charge is -2.27. The first-order valence-electron chi connectivity index (χ1n) is 9.62. The molecule has 0 unspecified atom stereocenters. The maximum Gasteiger partial charge on any atom is 0.275 e. The number of halogens is 1. The van der Waals surface area contributed by atoms with Crippen LogP contribution in [-0.4, -0.2) is 66.5 Å². The third kappa shape index (κ3) is 6.22. The highest BCUT2D eigenvalue weighted by molar-refractivity contribution is 5.94. The number of carbonyl (C=O) groups excluding carboxylic acids is 1. The van der Waals surface area contributed by atoms with Gasteiger partial charge in [0.05, 0.1) is 18.5 Å². The molecule has 2 N–H and O–H groups in total. The van der Waals surface area contributed by atoms with Crippen LogP contribution in [0.4, 0.5) is 0 Å². The van der Waals surface area contributed by atoms with Gasteiger partial charge in [-0.15, -0.1) is 12.4 Å². The van der Waals surface area contributed by atoms with E-state index in [9.17, 15) is 4.79 Å². The van der Waals surface area contributed by atoms with Gasteiger partial charge in [-0.05, 0) is 18.1 Å². The van der Waals surface area contributed by atoms with E-state index in [1.165, 1.54) is 0 Å². The molecule has 2 heterocycles. The number of hydrogen-bond donors (Lipinski definition) is 2. The van der Waals surface area contributed by atoms with Gasteiger partial charge >= 0.3 is 0 Å². The van der Waals surface area contributed by atoms with Gasteiger partial charge in [0, 0.05) is 39.3 Å². The molecular weight excluding hydrogens is 378 g/mol. The molecule has 3 rings (SSSR count). The van der Waals surface area contributed by atoms with Crippen molar-refractivity contribution in [2.45, 2.75) is 13.8 Å². The van der Waals surface area contributed by atoms with E-state index in [1.54, 1.807) is 10.9 Å². The number of nitrogens with zero attached hydrogens (tertiary/aromatic N) is 3. The van der Waals surface area contributed by atoms with E-state index in [0.717, 1.165) is 38.4 Å². The predicted molar refractivity (Wildman–Crippen MR) is 113 cm³/mol. The summed E-state index contributed by atoms with van der Waals surface area (Å²) in [4.78, 5) is 15.0. The van der Waals surface area contributed by atoms with Crippen LogP contribution < -0.4 is 15.4 Å². The van der Waals surface area contributed by atoms with Crippen molar-refractivity contribution in [3.05, 3.63) is 42.2 Å². The van der Waals surface area contributed by atoms with Crippen molar-refractivity contribution in [3.63, 3.8) is 0 Å². The Balaban J connectivity index is 0.00000280. The molecule has 0 bridgehead atoms. The minimum Gasteiger partial charge on any atom is -0.489 e. The number of nitrogens with one attached hydrogen (secondary N) is 2. The lowest BCUT2D eigenvalue weighted by atomic mass is 10.2. The Kier molecular flexibility index (Phi) is 8.76. The molecule has 8 heteroatoms. The lowest BCUT2D eigenvalue weighted by Crippen LogP contribution is -2.46. The topological polar surface area (TPSA) is 71.4 Å². The molecule has 154 valence electrons. The maximum absolute atomic E-state index is 12.7. The van der Waals surface area contributed by atoms with E-state index in [-0.39, 0.29) is 18.3 Å². The van der Waals surface area contributed by atoms with Crippen molar-refractivity contribution >= 4 is 18.3 Å². The van der Waals surface area contributed by atoms with Crippen molar-refractivity contribution in [2.75, 3.05) is 45.9 Å². The van der Waals surface area contributed by atoms with Crippen LogP contribution in [0, 0.1) is 5.92 Å². The second-order valence-corrected chi connectivity index (χ2v) is 7.17. The van der Waals surface area contributed by atoms with Crippen molar-refractivity contribution < 1.29 is 9.53 Å². The van der Waals surface area contributed by atoms with Gasteiger partial charge in [0.15, 0.2) is 11.4 Å². The van der Waals surface area contributed by atoms with Crippen LogP contribution in [0.5, 0.6) is 5.75 Å². The Labute approximate surface area is 172 Å². The van der Waals surface area contributed by atoms with E-state index in [2.05, 4.69) is 34.5 Å². The molecule has 7 nitrogen and oxygen atoms in total. The van der Waals surface area contributed by atoms with Gasteiger partial charge in [-0.3, -0.25) is 9.69 Å². The number of aromatic nitrogens is 2. The van der Waals surface area contributed by atoms with Crippen LogP contribution in [0.2, 0.25) is 0 Å². The molecule has 1 aromatic heterocycles. The molecule has 1 amide bonds. The average Bonchev–Trinajstić information content (AvgIpc) is 3.12. The Hall–Kier alpha value is -2.09. The fraction of sp³-hybridized carbons (Fsp3) is 0.500. The molecule has 28 heavy (non-hydrogen) atoms. The SMILES string of the molecule is CC(C)COc1cn(-c2ccccc2)nc1C(=O)NCCN1CCNCC1.Cl. The first-order valence-corrected chi connectivity index (χ1v) is 9.62. The maximum atomic E-state index is 12.7. The predicted octanol–water partition coefficient (Wildman–Crippen LogP) is 1.96. The van der Waals surface area contributed by atoms with E-state index in [0.29, 0.717) is 30.5 Å². The zero-order valence-corrected chi connectivity index (χ0v) is 17.4. The number of piperazine rings is 1. The summed E-state index contributed by atoms with van der Waals surface area (Å²) in [5.41, 5.74) is 1.23. The van der Waals surface area contributed by atoms with Crippen LogP contribution in [0.3, 0.4) is 0 Å². The highest BCUT2D eigenvalue weighted by atomic mass is 35.5. The number of benzene rings is 1. The molecule has 1 saturated heterocycles. The summed E-state index contributed by atoms with van der Waals surface area (Å²) in [6.45, 7) is 10.2. The molecule has 2 aromatic rings. The van der Waals surface area contributed by atoms with Crippen molar-refractivity contribution in [2.24, 2.45) is 5.92 Å². The van der Waals surface area contributed by atoms with Crippen LogP contribution in [0.25, 0.3) is 5.69 Å². The molecule has 0 saturated carbocycles. The van der Waals surface area contributed by atoms with Crippen molar-refractivity contribution in [1.29, 1.82) is 0 Å². The Morgan fingerprint density at radius 1 is 1.25 bits per heavy atom. The summed E-state index contributed by atoms with van der Waals surface area (Å²) in [6, 6.07) is 9.74. The summed E-state index contributed by atoms with van der Waals surface area (Å²) in [5.74, 6) is 0.694. The van der Waals surface area contributed by atoms with E-state index >= 15 is 0 Å². The largest absolute Gasteiger partial charge is 0.489 e. The first-order chi connectivity index (χ1) is 13.1. The van der Waals surface area contributed by atoms with Gasteiger partial charge in [-0.25, -0.2) is 4.68 Å². The molecule has 1 aromatic carbocycles. The number of ether oxygens (including phenoxy) is 1. The highest BCUT2D eigenvalue weighted by Gasteiger charge is 2.19. The number of rotatable bonds is 8. The second-order valence-electron chi connectivity index (χ2n) is 7.17. The Bertz CT molecular complexity index is 729. The minimum absolute atomic E-state index is 0. The van der Waals surface area contributed by atoms with Crippen LogP contribution in [0.1, 0.15) is 24.3 Å². The zero-order valence-electron chi connectivity index (χ0n) is 16.6. The zero-order chi connectivity index (χ0) is 19.1. The van der Waals surface area contributed by atoms with Gasteiger partial charge in [-0.2, -0.15) is 5.10 Å². The minimum atomic E-state index is -0.196. The van der Waals surface area contributed by atoms with Crippen LogP contribution in [-0.2, 0) is 0 Å². The standard InChI is InChI=1S/C20H29N5O2.ClH/c1-16(2)15-27-18-14-25(17-6-4-3-5-7-17)23-19(18)20(26)22-10-13-24-11-8-21-9-12-24;/h3-7,14,16,21H,8-13,15H2,1-2H3,(H,22,26);1H. The van der Waals surface area contributed by atoms with E-state index in [1.807, 2.05) is 30.3 Å². The summed E-state index contributed by atoms with van der Waals surface area (Å²) in [5, 5.41) is 10.8. The fourth-order valence-corrected chi connectivity index (χ4v) is 2.94. The molecule has 0 atom stereocenters. The lowest BCUT2D eigenvalue weighted by molar-refractivity contribution is 0.0937. The average molecular weight is 408 g/mol. The number of para-hydroxylation sites is 1. The second kappa shape index (κ2) is 11.0. The number of hydrogen-bond acceptors (Lipinski definition) is 5. The summed E-state index contributed by atoms with van der Waals surface area (Å²) in [6.07, 6.45) is 1.78. The Morgan fingerprint density at radius 2 is 1.96 bits per heavy atom. The van der Waals surface area contributed by atoms with Gasteiger partial charge in [0.2, 0.25) is 0 Å². The normalized spacial score (nSPS) is 14.5. The Morgan fingerprint density at radius 3 is 2.64 bits per heavy atom. The summed E-state index contributed by atoms with van der Waals surface area (Å²) in [7, 11) is 0. The molecule has 0 radical (unpaired) electrons. The van der Waals surface area contributed by atoms with Gasteiger partial charge in [0.1, 0.15) is 0 Å². The van der Waals surface area contributed by atoms with Crippen molar-refractivity contribution in [1.82, 2.24) is 25.3 Å². The van der Waals surface area contributed by atoms with Crippen LogP contribution >= 0.6 is 12.4 Å². The molecule has 1 aliphatic heterocycles. The third-order valence-electron chi connectivity index (χ3n) is 4.41. The summed E-state index contributed by atoms with van der Waals surface area (Å²) < 4.78 is 7.55. The summed E-state index contributed by atoms with van der Waals surface area (Å²) >= 11 is 0. The van der Waals surface area contributed by atoms with Gasteiger partial charge < -0.3 is 15.4 Å². The fourth-order valence-electron chi connectivity index (χ4n) is 2.94. The van der Waals surface area contributed by atoms with Gasteiger partial charge in [0.25, 0.3) is 5.91 Å². The number of amides is 1. The first kappa shape index (κ1) is 22.2. The molecular formula is C20H30ClN5O2. The van der Waals surface area contributed by atoms with E-state index < -0.39 is 0 Å². The van der Waals surface area contributed by atoms with Gasteiger partial charge in [-0.1, -0.05) is 32.0 Å². The smallest absolute Gasteiger partial charge is 0.275 e. The third-order valence-corrected chi connectivity index (χ3v) is 4.41. The molecule has 1 fully saturated rings. The van der Waals surface area contributed by atoms with Crippen molar-refractivity contribution in [3.8, 4) is 11.4 Å². The quantitative estimate of drug-likeness (QED) is 0.700. The molecule has 0 aliphatic carbocycles. The molecule has 1 aliphatic rings. The number of carbonyl (C=O) groups is 1. The highest BCUT2D eigenvalue weighted by Crippen LogP contribution is 2.20. The van der Waals surface area contributed by atoms with E-state index in [4.69, 9.17) is 4.74 Å².